The van der Waals surface area contributed by atoms with Crippen LogP contribution in [0.2, 0.25) is 5.02 Å². The van der Waals surface area contributed by atoms with Gasteiger partial charge in [0.25, 0.3) is 5.56 Å². The molecule has 148 valence electrons. The molecule has 0 aliphatic carbocycles. The highest BCUT2D eigenvalue weighted by Gasteiger charge is 2.21. The summed E-state index contributed by atoms with van der Waals surface area (Å²) in [6.07, 6.45) is 0. The van der Waals surface area contributed by atoms with E-state index >= 15 is 0 Å². The number of aromatic nitrogens is 4. The fraction of sp³-hybridized carbons (Fsp3) is 0.238. The molecule has 0 fully saturated rings. The van der Waals surface area contributed by atoms with Crippen molar-refractivity contribution in [2.75, 3.05) is 0 Å². The maximum atomic E-state index is 13.3. The van der Waals surface area contributed by atoms with Crippen molar-refractivity contribution < 1.29 is 4.52 Å². The molecule has 4 aromatic rings. The molecular weight excluding hydrogens is 408 g/mol. The van der Waals surface area contributed by atoms with Crippen molar-refractivity contribution in [1.82, 2.24) is 19.7 Å². The first kappa shape index (κ1) is 19.7. The van der Waals surface area contributed by atoms with Crippen LogP contribution in [0.15, 0.2) is 63.0 Å². The molecule has 0 amide bonds. The van der Waals surface area contributed by atoms with E-state index in [2.05, 4.69) is 10.1 Å². The van der Waals surface area contributed by atoms with E-state index in [-0.39, 0.29) is 16.7 Å². The second kappa shape index (κ2) is 8.00. The van der Waals surface area contributed by atoms with Crippen molar-refractivity contribution >= 4 is 34.3 Å². The van der Waals surface area contributed by atoms with Gasteiger partial charge >= 0.3 is 0 Å². The van der Waals surface area contributed by atoms with Gasteiger partial charge < -0.3 is 4.52 Å². The van der Waals surface area contributed by atoms with Gasteiger partial charge in [0.15, 0.2) is 11.0 Å². The van der Waals surface area contributed by atoms with Gasteiger partial charge in [-0.1, -0.05) is 60.6 Å². The summed E-state index contributed by atoms with van der Waals surface area (Å²) in [4.78, 5) is 22.5. The molecule has 1 atom stereocenters. The molecule has 0 radical (unpaired) electrons. The Morgan fingerprint density at radius 3 is 2.59 bits per heavy atom. The average Bonchev–Trinajstić information content (AvgIpc) is 3.19. The molecule has 0 aliphatic heterocycles. The number of hydrogen-bond donors (Lipinski definition) is 0. The van der Waals surface area contributed by atoms with Crippen LogP contribution in [0.25, 0.3) is 16.6 Å². The molecule has 0 saturated heterocycles. The molecule has 0 aliphatic rings. The van der Waals surface area contributed by atoms with E-state index in [4.69, 9.17) is 21.1 Å². The van der Waals surface area contributed by atoms with Gasteiger partial charge in [-0.3, -0.25) is 9.36 Å². The standard InChI is InChI=1S/C21H19ClN4O2S/c1-12(2)18-24-19(28-25-18)13(3)29-21-23-17-10-5-4-9-16(17)20(27)26(21)15-8-6-7-14(22)11-15/h4-13H,1-3H3/t13-/m1/s1. The van der Waals surface area contributed by atoms with Gasteiger partial charge in [0.1, 0.15) is 0 Å². The third-order valence-electron chi connectivity index (χ3n) is 4.42. The zero-order valence-corrected chi connectivity index (χ0v) is 17.7. The van der Waals surface area contributed by atoms with Crippen molar-refractivity contribution in [2.45, 2.75) is 37.1 Å². The molecule has 29 heavy (non-hydrogen) atoms. The van der Waals surface area contributed by atoms with E-state index in [1.807, 2.05) is 51.1 Å². The lowest BCUT2D eigenvalue weighted by Crippen LogP contribution is -2.22. The Morgan fingerprint density at radius 2 is 1.86 bits per heavy atom. The zero-order valence-electron chi connectivity index (χ0n) is 16.2. The number of halogens is 1. The monoisotopic (exact) mass is 426 g/mol. The van der Waals surface area contributed by atoms with Crippen LogP contribution in [0.3, 0.4) is 0 Å². The molecule has 8 heteroatoms. The lowest BCUT2D eigenvalue weighted by molar-refractivity contribution is 0.373. The van der Waals surface area contributed by atoms with E-state index in [1.165, 1.54) is 11.8 Å². The zero-order chi connectivity index (χ0) is 20.5. The van der Waals surface area contributed by atoms with Gasteiger partial charge in [0.05, 0.1) is 21.8 Å². The van der Waals surface area contributed by atoms with Crippen molar-refractivity contribution in [3.05, 3.63) is 75.6 Å². The van der Waals surface area contributed by atoms with E-state index in [1.54, 1.807) is 22.8 Å². The molecule has 0 spiro atoms. The van der Waals surface area contributed by atoms with Gasteiger partial charge in [-0.15, -0.1) is 0 Å². The van der Waals surface area contributed by atoms with Crippen LogP contribution in [-0.4, -0.2) is 19.7 Å². The van der Waals surface area contributed by atoms with Crippen LogP contribution in [0, 0.1) is 0 Å². The Balaban J connectivity index is 1.83. The maximum absolute atomic E-state index is 13.3. The fourth-order valence-electron chi connectivity index (χ4n) is 2.89. The summed E-state index contributed by atoms with van der Waals surface area (Å²) in [7, 11) is 0. The molecule has 4 rings (SSSR count). The third kappa shape index (κ3) is 3.93. The van der Waals surface area contributed by atoms with Gasteiger partial charge in [0.2, 0.25) is 5.89 Å². The SMILES string of the molecule is CC(C)c1noc([C@@H](C)Sc2nc3ccccc3c(=O)n2-c2cccc(Cl)c2)n1. The van der Waals surface area contributed by atoms with Crippen molar-refractivity contribution in [3.63, 3.8) is 0 Å². The highest BCUT2D eigenvalue weighted by atomic mass is 35.5. The number of para-hydroxylation sites is 1. The summed E-state index contributed by atoms with van der Waals surface area (Å²) in [5.74, 6) is 1.33. The lowest BCUT2D eigenvalue weighted by atomic mass is 10.2. The van der Waals surface area contributed by atoms with E-state index in [0.717, 1.165) is 0 Å². The molecule has 2 aromatic heterocycles. The largest absolute Gasteiger partial charge is 0.338 e. The molecule has 0 N–H and O–H groups in total. The van der Waals surface area contributed by atoms with Gasteiger partial charge in [-0.05, 0) is 37.3 Å². The normalized spacial score (nSPS) is 12.6. The molecule has 0 saturated carbocycles. The van der Waals surface area contributed by atoms with Crippen LogP contribution in [0.4, 0.5) is 0 Å². The van der Waals surface area contributed by atoms with Crippen LogP contribution in [0.5, 0.6) is 0 Å². The predicted octanol–water partition coefficient (Wildman–Crippen LogP) is 5.40. The minimum absolute atomic E-state index is 0.152. The first-order valence-corrected chi connectivity index (χ1v) is 10.5. The molecule has 0 bridgehead atoms. The molecule has 6 nitrogen and oxygen atoms in total. The van der Waals surface area contributed by atoms with E-state index in [0.29, 0.717) is 38.5 Å². The van der Waals surface area contributed by atoms with Gasteiger partial charge in [-0.2, -0.15) is 4.98 Å². The average molecular weight is 427 g/mol. The number of fused-ring (bicyclic) bond motifs is 1. The fourth-order valence-corrected chi connectivity index (χ4v) is 4.03. The van der Waals surface area contributed by atoms with Crippen molar-refractivity contribution in [3.8, 4) is 5.69 Å². The second-order valence-corrected chi connectivity index (χ2v) is 8.68. The quantitative estimate of drug-likeness (QED) is 0.314. The van der Waals surface area contributed by atoms with Crippen molar-refractivity contribution in [1.29, 1.82) is 0 Å². The minimum Gasteiger partial charge on any atom is -0.338 e. The summed E-state index contributed by atoms with van der Waals surface area (Å²) >= 11 is 7.57. The number of benzene rings is 2. The Morgan fingerprint density at radius 1 is 1.07 bits per heavy atom. The highest BCUT2D eigenvalue weighted by Crippen LogP contribution is 2.34. The smallest absolute Gasteiger partial charge is 0.266 e. The number of rotatable bonds is 5. The summed E-state index contributed by atoms with van der Waals surface area (Å²) in [5.41, 5.74) is 1.14. The predicted molar refractivity (Wildman–Crippen MR) is 115 cm³/mol. The maximum Gasteiger partial charge on any atom is 0.266 e. The third-order valence-corrected chi connectivity index (χ3v) is 5.69. The van der Waals surface area contributed by atoms with Crippen LogP contribution >= 0.6 is 23.4 Å². The first-order valence-electron chi connectivity index (χ1n) is 9.22. The Hall–Kier alpha value is -2.64. The van der Waals surface area contributed by atoms with E-state index < -0.39 is 0 Å². The minimum atomic E-state index is -0.187. The Kier molecular flexibility index (Phi) is 5.43. The summed E-state index contributed by atoms with van der Waals surface area (Å²) in [5, 5.41) is 5.47. The molecule has 2 heterocycles. The molecule has 0 unspecified atom stereocenters. The lowest BCUT2D eigenvalue weighted by Gasteiger charge is -2.15. The topological polar surface area (TPSA) is 73.8 Å². The Bertz CT molecular complexity index is 1230. The summed E-state index contributed by atoms with van der Waals surface area (Å²) in [6.45, 7) is 5.97. The van der Waals surface area contributed by atoms with Crippen LogP contribution < -0.4 is 5.56 Å². The summed E-state index contributed by atoms with van der Waals surface area (Å²) < 4.78 is 7.00. The summed E-state index contributed by atoms with van der Waals surface area (Å²) in [6, 6.07) is 14.5. The van der Waals surface area contributed by atoms with Gasteiger partial charge in [-0.25, -0.2) is 4.98 Å². The Labute approximate surface area is 176 Å². The first-order chi connectivity index (χ1) is 13.9. The van der Waals surface area contributed by atoms with Crippen LogP contribution in [0.1, 0.15) is 43.7 Å². The van der Waals surface area contributed by atoms with Crippen molar-refractivity contribution in [2.24, 2.45) is 0 Å². The van der Waals surface area contributed by atoms with Crippen LogP contribution in [-0.2, 0) is 0 Å². The van der Waals surface area contributed by atoms with Gasteiger partial charge in [0, 0.05) is 10.9 Å². The van der Waals surface area contributed by atoms with E-state index in [9.17, 15) is 4.79 Å². The number of nitrogens with zero attached hydrogens (tertiary/aromatic N) is 4. The highest BCUT2D eigenvalue weighted by molar-refractivity contribution is 7.99. The molecule has 2 aromatic carbocycles. The number of hydrogen-bond acceptors (Lipinski definition) is 6. The second-order valence-electron chi connectivity index (χ2n) is 6.94. The number of thioether (sulfide) groups is 1. The molecular formula is C21H19ClN4O2S.